The fourth-order valence-electron chi connectivity index (χ4n) is 2.46. The predicted octanol–water partition coefficient (Wildman–Crippen LogP) is 4.64. The summed E-state index contributed by atoms with van der Waals surface area (Å²) in [6, 6.07) is 22.7. The average Bonchev–Trinajstić information content (AvgIpc) is 2.73. The second-order valence-corrected chi connectivity index (χ2v) is 7.06. The molecule has 0 atom stereocenters. The van der Waals surface area contributed by atoms with Gasteiger partial charge in [0.2, 0.25) is 0 Å². The topological polar surface area (TPSA) is 59.9 Å². The van der Waals surface area contributed by atoms with Crippen LogP contribution in [-0.2, 0) is 6.61 Å². The molecule has 0 aromatic heterocycles. The van der Waals surface area contributed by atoms with Gasteiger partial charge in [-0.1, -0.05) is 42.5 Å². The minimum Gasteiger partial charge on any atom is -0.496 e. The molecule has 0 aliphatic rings. The number of hydrazone groups is 1. The molecule has 0 spiro atoms. The third-order valence-corrected chi connectivity index (χ3v) is 4.74. The van der Waals surface area contributed by atoms with E-state index in [-0.39, 0.29) is 5.91 Å². The molecule has 3 aromatic rings. The van der Waals surface area contributed by atoms with Crippen molar-refractivity contribution in [2.75, 3.05) is 7.11 Å². The Hall–Kier alpha value is -2.87. The van der Waals surface area contributed by atoms with Crippen LogP contribution in [0.2, 0.25) is 0 Å². The van der Waals surface area contributed by atoms with Crippen LogP contribution in [0.25, 0.3) is 0 Å². The normalized spacial score (nSPS) is 10.6. The van der Waals surface area contributed by atoms with Crippen LogP contribution in [0.1, 0.15) is 21.5 Å². The minimum absolute atomic E-state index is 0.284. The molecule has 6 heteroatoms. The first kappa shape index (κ1) is 19.9. The van der Waals surface area contributed by atoms with Gasteiger partial charge in [-0.05, 0) is 64.0 Å². The number of rotatable bonds is 7. The Morgan fingerprint density at radius 2 is 1.89 bits per heavy atom. The molecule has 0 fully saturated rings. The van der Waals surface area contributed by atoms with Crippen molar-refractivity contribution in [3.05, 3.63) is 93.1 Å². The summed E-state index contributed by atoms with van der Waals surface area (Å²) in [5.41, 5.74) is 4.98. The van der Waals surface area contributed by atoms with E-state index < -0.39 is 0 Å². The van der Waals surface area contributed by atoms with E-state index in [9.17, 15) is 4.79 Å². The summed E-state index contributed by atoms with van der Waals surface area (Å²) < 4.78 is 11.9. The number of nitrogens with one attached hydrogen (secondary N) is 1. The quantitative estimate of drug-likeness (QED) is 0.301. The fraction of sp³-hybridized carbons (Fsp3) is 0.0909. The van der Waals surface area contributed by atoms with E-state index in [1.807, 2.05) is 54.6 Å². The van der Waals surface area contributed by atoms with Gasteiger partial charge >= 0.3 is 0 Å². The molecule has 0 radical (unpaired) electrons. The van der Waals surface area contributed by atoms with E-state index in [0.717, 1.165) is 26.2 Å². The van der Waals surface area contributed by atoms with E-state index in [0.29, 0.717) is 12.2 Å². The molecule has 0 heterocycles. The van der Waals surface area contributed by atoms with Gasteiger partial charge in [0.05, 0.1) is 16.9 Å². The number of nitrogens with zero attached hydrogens (tertiary/aromatic N) is 1. The second-order valence-electron chi connectivity index (χ2n) is 5.90. The van der Waals surface area contributed by atoms with E-state index in [4.69, 9.17) is 9.47 Å². The van der Waals surface area contributed by atoms with Crippen LogP contribution in [0.4, 0.5) is 0 Å². The zero-order valence-electron chi connectivity index (χ0n) is 15.3. The lowest BCUT2D eigenvalue weighted by Crippen LogP contribution is -2.17. The summed E-state index contributed by atoms with van der Waals surface area (Å²) in [7, 11) is 1.60. The molecule has 1 amide bonds. The molecule has 0 aliphatic carbocycles. The highest BCUT2D eigenvalue weighted by molar-refractivity contribution is 14.1. The number of methoxy groups -OCH3 is 1. The Morgan fingerprint density at radius 3 is 2.64 bits per heavy atom. The number of carbonyl (C=O) groups is 1. The number of carbonyl (C=O) groups excluding carboxylic acids is 1. The largest absolute Gasteiger partial charge is 0.496 e. The molecule has 5 nitrogen and oxygen atoms in total. The molecule has 1 N–H and O–H groups in total. The highest BCUT2D eigenvalue weighted by atomic mass is 127. The van der Waals surface area contributed by atoms with Crippen molar-refractivity contribution in [1.29, 1.82) is 0 Å². The van der Waals surface area contributed by atoms with E-state index >= 15 is 0 Å². The highest BCUT2D eigenvalue weighted by Gasteiger charge is 2.07. The summed E-state index contributed by atoms with van der Waals surface area (Å²) in [4.78, 5) is 12.2. The van der Waals surface area contributed by atoms with Gasteiger partial charge in [0.15, 0.2) is 0 Å². The number of hydrogen-bond donors (Lipinski definition) is 1. The molecule has 0 aliphatic heterocycles. The summed E-state index contributed by atoms with van der Waals surface area (Å²) >= 11 is 2.12. The molecule has 3 aromatic carbocycles. The van der Waals surface area contributed by atoms with Crippen molar-refractivity contribution >= 4 is 34.7 Å². The summed E-state index contributed by atoms with van der Waals surface area (Å²) in [5, 5.41) is 4.04. The second kappa shape index (κ2) is 9.89. The average molecular weight is 486 g/mol. The van der Waals surface area contributed by atoms with Crippen LogP contribution in [0.15, 0.2) is 77.9 Å². The van der Waals surface area contributed by atoms with Gasteiger partial charge in [-0.3, -0.25) is 4.79 Å². The molecular formula is C22H19IN2O3. The van der Waals surface area contributed by atoms with Crippen molar-refractivity contribution in [2.45, 2.75) is 6.61 Å². The third-order valence-electron chi connectivity index (χ3n) is 3.90. The SMILES string of the molecule is COc1ccc(C(=O)N/N=C/c2cccc(OCc3ccccc3)c2)cc1I. The first-order valence-corrected chi connectivity index (χ1v) is 9.67. The summed E-state index contributed by atoms with van der Waals surface area (Å²) in [6.07, 6.45) is 1.59. The van der Waals surface area contributed by atoms with Crippen molar-refractivity contribution in [3.8, 4) is 11.5 Å². The lowest BCUT2D eigenvalue weighted by atomic mass is 10.2. The van der Waals surface area contributed by atoms with Crippen LogP contribution in [0, 0.1) is 3.57 Å². The fourth-order valence-corrected chi connectivity index (χ4v) is 3.20. The molecule has 0 unspecified atom stereocenters. The zero-order chi connectivity index (χ0) is 19.8. The molecule has 0 saturated heterocycles. The maximum Gasteiger partial charge on any atom is 0.271 e. The van der Waals surface area contributed by atoms with Crippen molar-refractivity contribution < 1.29 is 14.3 Å². The number of benzene rings is 3. The first-order chi connectivity index (χ1) is 13.7. The Balaban J connectivity index is 1.58. The van der Waals surface area contributed by atoms with Crippen LogP contribution in [0.3, 0.4) is 0 Å². The standard InChI is InChI=1S/C22H19IN2O3/c1-27-21-11-10-18(13-20(21)23)22(26)25-24-14-17-8-5-9-19(12-17)28-15-16-6-3-2-4-7-16/h2-14H,15H2,1H3,(H,25,26)/b24-14+. The Kier molecular flexibility index (Phi) is 7.02. The number of halogens is 1. The van der Waals surface area contributed by atoms with Gasteiger partial charge in [0, 0.05) is 5.56 Å². The van der Waals surface area contributed by atoms with Crippen LogP contribution < -0.4 is 14.9 Å². The Bertz CT molecular complexity index is 975. The van der Waals surface area contributed by atoms with Gasteiger partial charge in [0.1, 0.15) is 18.1 Å². The lowest BCUT2D eigenvalue weighted by molar-refractivity contribution is 0.0955. The maximum absolute atomic E-state index is 12.2. The van der Waals surface area contributed by atoms with Gasteiger partial charge in [-0.25, -0.2) is 5.43 Å². The van der Waals surface area contributed by atoms with Gasteiger partial charge < -0.3 is 9.47 Å². The maximum atomic E-state index is 12.2. The Morgan fingerprint density at radius 1 is 1.07 bits per heavy atom. The molecule has 142 valence electrons. The molecule has 3 rings (SSSR count). The first-order valence-electron chi connectivity index (χ1n) is 8.59. The van der Waals surface area contributed by atoms with Gasteiger partial charge in [-0.2, -0.15) is 5.10 Å². The van der Waals surface area contributed by atoms with Gasteiger partial charge in [-0.15, -0.1) is 0 Å². The zero-order valence-corrected chi connectivity index (χ0v) is 17.4. The van der Waals surface area contributed by atoms with Gasteiger partial charge in [0.25, 0.3) is 5.91 Å². The Labute approximate surface area is 177 Å². The van der Waals surface area contributed by atoms with Crippen LogP contribution in [-0.4, -0.2) is 19.2 Å². The molecule has 28 heavy (non-hydrogen) atoms. The van der Waals surface area contributed by atoms with Crippen molar-refractivity contribution in [2.24, 2.45) is 5.10 Å². The minimum atomic E-state index is -0.284. The number of hydrogen-bond acceptors (Lipinski definition) is 4. The molecular weight excluding hydrogens is 467 g/mol. The summed E-state index contributed by atoms with van der Waals surface area (Å²) in [5.74, 6) is 1.19. The molecule has 0 bridgehead atoms. The van der Waals surface area contributed by atoms with Crippen molar-refractivity contribution in [3.63, 3.8) is 0 Å². The lowest BCUT2D eigenvalue weighted by Gasteiger charge is -2.07. The van der Waals surface area contributed by atoms with Crippen LogP contribution >= 0.6 is 22.6 Å². The number of amides is 1. The smallest absolute Gasteiger partial charge is 0.271 e. The summed E-state index contributed by atoms with van der Waals surface area (Å²) in [6.45, 7) is 0.494. The predicted molar refractivity (Wildman–Crippen MR) is 118 cm³/mol. The van der Waals surface area contributed by atoms with Crippen molar-refractivity contribution in [1.82, 2.24) is 5.43 Å². The van der Waals surface area contributed by atoms with E-state index in [2.05, 4.69) is 33.1 Å². The monoisotopic (exact) mass is 486 g/mol. The third kappa shape index (κ3) is 5.56. The molecule has 0 saturated carbocycles. The van der Waals surface area contributed by atoms with E-state index in [1.54, 1.807) is 31.5 Å². The number of ether oxygens (including phenoxy) is 2. The van der Waals surface area contributed by atoms with E-state index in [1.165, 1.54) is 0 Å². The highest BCUT2D eigenvalue weighted by Crippen LogP contribution is 2.21. The van der Waals surface area contributed by atoms with Crippen LogP contribution in [0.5, 0.6) is 11.5 Å².